The second-order valence-electron chi connectivity index (χ2n) is 12.6. The van der Waals surface area contributed by atoms with E-state index in [-0.39, 0.29) is 23.7 Å². The van der Waals surface area contributed by atoms with Crippen molar-refractivity contribution in [2.24, 2.45) is 4.99 Å². The van der Waals surface area contributed by atoms with Gasteiger partial charge in [-0.15, -0.1) is 0 Å². The van der Waals surface area contributed by atoms with E-state index in [1.165, 1.54) is 17.2 Å². The minimum Gasteiger partial charge on any atom is -0.497 e. The molecule has 1 aliphatic heterocycles. The van der Waals surface area contributed by atoms with Gasteiger partial charge in [-0.3, -0.25) is 23.9 Å². The Morgan fingerprint density at radius 3 is 2.15 bits per heavy atom. The standard InChI is InChI=1S/C38H40N6O10/c1-43(2)21-40-37-41-34-31(35(49)42-37)39-22-44(34)36-32(48)33(54-30(47)19-18-29(45)46)28(53-36)20-52-38(23-8-6-5-7-9-23,24-10-14-26(50-3)15-11-24)25-12-16-27(51-4)17-13-25/h5-17,21-22,28,32-33,36,48H,18-20H2,1-4H3,(H,45,46)(H,41,42,49)/t28-,32-,33-,36-/m1/s1. The fraction of sp³-hybridized carbons (Fsp3) is 0.316. The van der Waals surface area contributed by atoms with Crippen LogP contribution in [0, 0.1) is 0 Å². The maximum absolute atomic E-state index is 13.0. The Labute approximate surface area is 309 Å². The molecule has 0 radical (unpaired) electrons. The summed E-state index contributed by atoms with van der Waals surface area (Å²) in [5.74, 6) is -0.804. The Hall–Kier alpha value is -6.10. The molecule has 0 saturated carbocycles. The number of nitrogens with zero attached hydrogens (tertiary/aromatic N) is 5. The molecule has 1 saturated heterocycles. The molecule has 3 aromatic carbocycles. The number of H-pyrrole nitrogens is 1. The molecule has 0 bridgehead atoms. The summed E-state index contributed by atoms with van der Waals surface area (Å²) >= 11 is 0. The maximum atomic E-state index is 13.0. The molecule has 282 valence electrons. The number of aliphatic carboxylic acids is 1. The first-order valence-electron chi connectivity index (χ1n) is 16.9. The van der Waals surface area contributed by atoms with Crippen LogP contribution in [0.1, 0.15) is 35.8 Å². The van der Waals surface area contributed by atoms with Gasteiger partial charge in [0.25, 0.3) is 5.56 Å². The first-order valence-corrected chi connectivity index (χ1v) is 16.9. The summed E-state index contributed by atoms with van der Waals surface area (Å²) < 4.78 is 31.4. The molecule has 0 spiro atoms. The minimum absolute atomic E-state index is 0.0152. The van der Waals surface area contributed by atoms with Gasteiger partial charge in [-0.25, -0.2) is 9.98 Å². The molecule has 5 aromatic rings. The molecule has 54 heavy (non-hydrogen) atoms. The van der Waals surface area contributed by atoms with E-state index in [4.69, 9.17) is 23.7 Å². The highest BCUT2D eigenvalue weighted by atomic mass is 16.6. The van der Waals surface area contributed by atoms with Crippen LogP contribution in [0.4, 0.5) is 5.95 Å². The van der Waals surface area contributed by atoms with E-state index in [0.717, 1.165) is 16.7 Å². The van der Waals surface area contributed by atoms with Crippen LogP contribution in [0.3, 0.4) is 0 Å². The van der Waals surface area contributed by atoms with E-state index < -0.39 is 60.5 Å². The summed E-state index contributed by atoms with van der Waals surface area (Å²) in [5.41, 5.74) is 0.354. The summed E-state index contributed by atoms with van der Waals surface area (Å²) in [5, 5.41) is 21.0. The van der Waals surface area contributed by atoms with Gasteiger partial charge in [0.15, 0.2) is 23.5 Å². The second-order valence-corrected chi connectivity index (χ2v) is 12.6. The van der Waals surface area contributed by atoms with Crippen molar-refractivity contribution in [2.75, 3.05) is 34.9 Å². The molecule has 0 aliphatic carbocycles. The van der Waals surface area contributed by atoms with Crippen LogP contribution in [-0.4, -0.2) is 106 Å². The number of methoxy groups -OCH3 is 2. The molecular formula is C38H40N6O10. The average Bonchev–Trinajstić information content (AvgIpc) is 3.74. The molecule has 1 aliphatic rings. The Balaban J connectivity index is 1.43. The number of aromatic amines is 1. The van der Waals surface area contributed by atoms with Crippen molar-refractivity contribution in [1.82, 2.24) is 24.4 Å². The van der Waals surface area contributed by atoms with Gasteiger partial charge in [0.2, 0.25) is 5.95 Å². The lowest BCUT2D eigenvalue weighted by Gasteiger charge is -2.37. The molecule has 3 heterocycles. The van der Waals surface area contributed by atoms with Gasteiger partial charge in [-0.05, 0) is 41.0 Å². The van der Waals surface area contributed by atoms with E-state index in [1.807, 2.05) is 78.9 Å². The number of aliphatic hydroxyl groups is 1. The number of aliphatic imine (C=N–C) groups is 1. The zero-order valence-electron chi connectivity index (χ0n) is 30.0. The third-order valence-corrected chi connectivity index (χ3v) is 8.86. The van der Waals surface area contributed by atoms with Gasteiger partial charge in [0, 0.05) is 14.1 Å². The number of hydrogen-bond donors (Lipinski definition) is 3. The Bertz CT molecular complexity index is 2100. The topological polar surface area (TPSA) is 200 Å². The zero-order valence-corrected chi connectivity index (χ0v) is 30.0. The predicted octanol–water partition coefficient (Wildman–Crippen LogP) is 3.40. The monoisotopic (exact) mass is 740 g/mol. The molecule has 16 heteroatoms. The number of imidazole rings is 1. The van der Waals surface area contributed by atoms with Crippen molar-refractivity contribution >= 4 is 35.4 Å². The summed E-state index contributed by atoms with van der Waals surface area (Å²) in [7, 11) is 6.65. The smallest absolute Gasteiger partial charge is 0.306 e. The lowest BCUT2D eigenvalue weighted by Crippen LogP contribution is -2.41. The fourth-order valence-corrected chi connectivity index (χ4v) is 6.26. The predicted molar refractivity (Wildman–Crippen MR) is 195 cm³/mol. The highest BCUT2D eigenvalue weighted by Crippen LogP contribution is 2.43. The molecule has 0 unspecified atom stereocenters. The van der Waals surface area contributed by atoms with Crippen molar-refractivity contribution in [3.8, 4) is 11.5 Å². The fourth-order valence-electron chi connectivity index (χ4n) is 6.26. The van der Waals surface area contributed by atoms with Crippen molar-refractivity contribution in [2.45, 2.75) is 43.0 Å². The summed E-state index contributed by atoms with van der Waals surface area (Å²) in [4.78, 5) is 54.2. The number of fused-ring (bicyclic) bond motifs is 1. The summed E-state index contributed by atoms with van der Waals surface area (Å²) in [6.07, 6.45) is -3.45. The average molecular weight is 741 g/mol. The van der Waals surface area contributed by atoms with Crippen LogP contribution in [0.15, 0.2) is 95.0 Å². The van der Waals surface area contributed by atoms with Gasteiger partial charge in [0.1, 0.15) is 29.3 Å². The normalized spacial score (nSPS) is 18.5. The highest BCUT2D eigenvalue weighted by Gasteiger charge is 2.49. The first-order chi connectivity index (χ1) is 26.0. The molecule has 16 nitrogen and oxygen atoms in total. The first kappa shape index (κ1) is 37.7. The number of rotatable bonds is 15. The largest absolute Gasteiger partial charge is 0.497 e. The molecule has 6 rings (SSSR count). The van der Waals surface area contributed by atoms with Gasteiger partial charge in [-0.1, -0.05) is 54.6 Å². The number of benzene rings is 3. The molecule has 1 fully saturated rings. The van der Waals surface area contributed by atoms with Crippen LogP contribution in [0.25, 0.3) is 11.2 Å². The van der Waals surface area contributed by atoms with Crippen LogP contribution in [-0.2, 0) is 29.4 Å². The van der Waals surface area contributed by atoms with Crippen molar-refractivity contribution < 1.29 is 43.5 Å². The van der Waals surface area contributed by atoms with Gasteiger partial charge >= 0.3 is 11.9 Å². The second kappa shape index (κ2) is 16.3. The van der Waals surface area contributed by atoms with Gasteiger partial charge in [-0.2, -0.15) is 4.98 Å². The van der Waals surface area contributed by atoms with E-state index >= 15 is 0 Å². The zero-order chi connectivity index (χ0) is 38.4. The molecule has 3 N–H and O–H groups in total. The lowest BCUT2D eigenvalue weighted by molar-refractivity contribution is -0.160. The van der Waals surface area contributed by atoms with Crippen molar-refractivity contribution in [3.63, 3.8) is 0 Å². The van der Waals surface area contributed by atoms with Crippen LogP contribution in [0.2, 0.25) is 0 Å². The quantitative estimate of drug-likeness (QED) is 0.0611. The molecule has 0 amide bonds. The van der Waals surface area contributed by atoms with Crippen molar-refractivity contribution in [1.29, 1.82) is 0 Å². The Morgan fingerprint density at radius 1 is 0.963 bits per heavy atom. The van der Waals surface area contributed by atoms with E-state index in [0.29, 0.717) is 11.5 Å². The number of aromatic nitrogens is 4. The van der Waals surface area contributed by atoms with Crippen LogP contribution in [0.5, 0.6) is 11.5 Å². The minimum atomic E-state index is -1.53. The van der Waals surface area contributed by atoms with Gasteiger partial charge in [0.05, 0.1) is 46.3 Å². The number of esters is 1. The number of nitrogens with one attached hydrogen (secondary N) is 1. The number of carboxylic acids is 1. The Kier molecular flexibility index (Phi) is 11.4. The number of hydrogen-bond acceptors (Lipinski definition) is 12. The van der Waals surface area contributed by atoms with Gasteiger partial charge < -0.3 is 38.8 Å². The summed E-state index contributed by atoms with van der Waals surface area (Å²) in [6.45, 7) is -0.254. The third-order valence-electron chi connectivity index (χ3n) is 8.86. The number of carboxylic acid groups (broad SMARTS) is 1. The molecular weight excluding hydrogens is 700 g/mol. The van der Waals surface area contributed by atoms with Crippen LogP contribution >= 0.6 is 0 Å². The number of carbonyl (C=O) groups excluding carboxylic acids is 1. The number of aliphatic hydroxyl groups excluding tert-OH is 1. The number of carbonyl (C=O) groups is 2. The lowest BCUT2D eigenvalue weighted by atomic mass is 9.80. The maximum Gasteiger partial charge on any atom is 0.306 e. The van der Waals surface area contributed by atoms with Crippen molar-refractivity contribution in [3.05, 3.63) is 112 Å². The van der Waals surface area contributed by atoms with E-state index in [2.05, 4.69) is 19.9 Å². The SMILES string of the molecule is COc1ccc(C(OC[C@H]2O[C@@H](n3cnc4c(=O)[nH]c(N=CN(C)C)nc43)[C@H](O)[C@@H]2OC(=O)CCC(=O)O)(c2ccccc2)c2ccc(OC)cc2)cc1. The van der Waals surface area contributed by atoms with E-state index in [1.54, 1.807) is 33.2 Å². The number of ether oxygens (including phenoxy) is 5. The Morgan fingerprint density at radius 2 is 1.57 bits per heavy atom. The van der Waals surface area contributed by atoms with Crippen LogP contribution < -0.4 is 15.0 Å². The summed E-state index contributed by atoms with van der Waals surface area (Å²) in [6, 6.07) is 24.3. The highest BCUT2D eigenvalue weighted by molar-refractivity contribution is 5.76. The molecule has 4 atom stereocenters. The molecule has 2 aromatic heterocycles. The van der Waals surface area contributed by atoms with E-state index in [9.17, 15) is 24.6 Å². The third kappa shape index (κ3) is 7.80.